The van der Waals surface area contributed by atoms with Gasteiger partial charge in [-0.1, -0.05) is 25.7 Å². The van der Waals surface area contributed by atoms with Crippen LogP contribution in [0, 0.1) is 11.3 Å². The van der Waals surface area contributed by atoms with Crippen molar-refractivity contribution in [3.8, 4) is 0 Å². The summed E-state index contributed by atoms with van der Waals surface area (Å²) in [6.45, 7) is 0.533. The zero-order chi connectivity index (χ0) is 17.6. The van der Waals surface area contributed by atoms with E-state index < -0.39 is 11.4 Å². The minimum Gasteiger partial charge on any atom is -0.481 e. The summed E-state index contributed by atoms with van der Waals surface area (Å²) in [7, 11) is 1.46. The van der Waals surface area contributed by atoms with Gasteiger partial charge in [-0.3, -0.25) is 14.4 Å². The Morgan fingerprint density at radius 2 is 2.00 bits per heavy atom. The molecular formula is C17H28N2O5. The van der Waals surface area contributed by atoms with Crippen LogP contribution < -0.4 is 5.32 Å². The van der Waals surface area contributed by atoms with Gasteiger partial charge in [0.1, 0.15) is 5.41 Å². The first-order valence-electron chi connectivity index (χ1n) is 8.74. The Morgan fingerprint density at radius 1 is 1.29 bits per heavy atom. The molecule has 0 bridgehead atoms. The highest BCUT2D eigenvalue weighted by atomic mass is 16.5. The van der Waals surface area contributed by atoms with Crippen LogP contribution in [0.5, 0.6) is 0 Å². The largest absolute Gasteiger partial charge is 0.481 e. The van der Waals surface area contributed by atoms with Gasteiger partial charge in [0.2, 0.25) is 11.8 Å². The molecule has 0 aromatic carbocycles. The lowest BCUT2D eigenvalue weighted by Gasteiger charge is -2.23. The first-order valence-corrected chi connectivity index (χ1v) is 8.74. The number of carbonyl (C=O) groups excluding carboxylic acids is 2. The lowest BCUT2D eigenvalue weighted by atomic mass is 9.88. The standard InChI is InChI=1S/C17H28N2O5/c1-24-12-17(16(22)23)8-9-19(11-17)15(21)10-18-14(20)7-6-13-4-2-3-5-13/h13H,2-12H2,1H3,(H,18,20)(H,22,23). The minimum atomic E-state index is -1.03. The summed E-state index contributed by atoms with van der Waals surface area (Å²) in [5.74, 6) is -0.630. The number of aliphatic carboxylic acids is 1. The second-order valence-electron chi connectivity index (χ2n) is 7.05. The Morgan fingerprint density at radius 3 is 2.62 bits per heavy atom. The summed E-state index contributed by atoms with van der Waals surface area (Å²) >= 11 is 0. The van der Waals surface area contributed by atoms with E-state index in [-0.39, 0.29) is 31.5 Å². The van der Waals surface area contributed by atoms with Crippen molar-refractivity contribution in [2.75, 3.05) is 33.4 Å². The van der Waals surface area contributed by atoms with Crippen molar-refractivity contribution in [3.63, 3.8) is 0 Å². The third-order valence-electron chi connectivity index (χ3n) is 5.27. The van der Waals surface area contributed by atoms with Crippen LogP contribution in [0.2, 0.25) is 0 Å². The van der Waals surface area contributed by atoms with Crippen molar-refractivity contribution in [1.82, 2.24) is 10.2 Å². The highest BCUT2D eigenvalue weighted by Crippen LogP contribution is 2.31. The zero-order valence-electron chi connectivity index (χ0n) is 14.4. The third-order valence-corrected chi connectivity index (χ3v) is 5.27. The van der Waals surface area contributed by atoms with Crippen LogP contribution >= 0.6 is 0 Å². The summed E-state index contributed by atoms with van der Waals surface area (Å²) < 4.78 is 5.01. The van der Waals surface area contributed by atoms with Crippen LogP contribution in [0.15, 0.2) is 0 Å². The third kappa shape index (κ3) is 4.69. The van der Waals surface area contributed by atoms with E-state index in [1.165, 1.54) is 37.7 Å². The number of methoxy groups -OCH3 is 1. The van der Waals surface area contributed by atoms with Gasteiger partial charge in [0.25, 0.3) is 0 Å². The topological polar surface area (TPSA) is 95.9 Å². The maximum atomic E-state index is 12.2. The number of hydrogen-bond acceptors (Lipinski definition) is 4. The quantitative estimate of drug-likeness (QED) is 0.688. The van der Waals surface area contributed by atoms with Crippen molar-refractivity contribution in [3.05, 3.63) is 0 Å². The van der Waals surface area contributed by atoms with Gasteiger partial charge in [-0.25, -0.2) is 0 Å². The van der Waals surface area contributed by atoms with Crippen LogP contribution in [0.25, 0.3) is 0 Å². The highest BCUT2D eigenvalue weighted by molar-refractivity contribution is 5.86. The van der Waals surface area contributed by atoms with Gasteiger partial charge >= 0.3 is 5.97 Å². The first kappa shape index (κ1) is 18.7. The highest BCUT2D eigenvalue weighted by Gasteiger charge is 2.46. The average Bonchev–Trinajstić information content (AvgIpc) is 3.21. The summed E-state index contributed by atoms with van der Waals surface area (Å²) in [5, 5.41) is 12.1. The smallest absolute Gasteiger partial charge is 0.313 e. The molecule has 136 valence electrons. The number of carboxylic acid groups (broad SMARTS) is 1. The van der Waals surface area contributed by atoms with E-state index in [1.54, 1.807) is 0 Å². The molecule has 0 radical (unpaired) electrons. The number of nitrogens with one attached hydrogen (secondary N) is 1. The molecular weight excluding hydrogens is 312 g/mol. The number of ether oxygens (including phenoxy) is 1. The molecule has 1 unspecified atom stereocenters. The monoisotopic (exact) mass is 340 g/mol. The summed E-state index contributed by atoms with van der Waals surface area (Å²) in [6, 6.07) is 0. The summed E-state index contributed by atoms with van der Waals surface area (Å²) in [4.78, 5) is 37.0. The number of nitrogens with zero attached hydrogens (tertiary/aromatic N) is 1. The maximum absolute atomic E-state index is 12.2. The zero-order valence-corrected chi connectivity index (χ0v) is 14.4. The van der Waals surface area contributed by atoms with Crippen LogP contribution in [-0.4, -0.2) is 61.1 Å². The number of hydrogen-bond donors (Lipinski definition) is 2. The molecule has 0 aromatic rings. The fourth-order valence-electron chi connectivity index (χ4n) is 3.72. The molecule has 0 spiro atoms. The Hall–Kier alpha value is -1.63. The second kappa shape index (κ2) is 8.46. The van der Waals surface area contributed by atoms with E-state index in [0.29, 0.717) is 25.3 Å². The van der Waals surface area contributed by atoms with Crippen molar-refractivity contribution < 1.29 is 24.2 Å². The number of carboxylic acids is 1. The molecule has 1 aliphatic heterocycles. The van der Waals surface area contributed by atoms with E-state index >= 15 is 0 Å². The summed E-state index contributed by atoms with van der Waals surface area (Å²) in [6.07, 6.45) is 6.64. The van der Waals surface area contributed by atoms with Crippen LogP contribution in [0.3, 0.4) is 0 Å². The predicted molar refractivity (Wildman–Crippen MR) is 87.3 cm³/mol. The van der Waals surface area contributed by atoms with E-state index in [0.717, 1.165) is 6.42 Å². The molecule has 7 heteroatoms. The number of amides is 2. The van der Waals surface area contributed by atoms with Crippen molar-refractivity contribution in [2.45, 2.75) is 44.9 Å². The Kier molecular flexibility index (Phi) is 6.60. The van der Waals surface area contributed by atoms with Gasteiger partial charge in [0.05, 0.1) is 13.2 Å². The average molecular weight is 340 g/mol. The van der Waals surface area contributed by atoms with Crippen molar-refractivity contribution in [2.24, 2.45) is 11.3 Å². The maximum Gasteiger partial charge on any atom is 0.313 e. The fraction of sp³-hybridized carbons (Fsp3) is 0.824. The molecule has 2 fully saturated rings. The molecule has 24 heavy (non-hydrogen) atoms. The van der Waals surface area contributed by atoms with Crippen molar-refractivity contribution >= 4 is 17.8 Å². The second-order valence-corrected chi connectivity index (χ2v) is 7.05. The predicted octanol–water partition coefficient (Wildman–Crippen LogP) is 1.02. The van der Waals surface area contributed by atoms with Crippen LogP contribution in [-0.2, 0) is 19.1 Å². The van der Waals surface area contributed by atoms with E-state index in [4.69, 9.17) is 4.74 Å². The van der Waals surface area contributed by atoms with Gasteiger partial charge in [-0.05, 0) is 18.8 Å². The lowest BCUT2D eigenvalue weighted by molar-refractivity contribution is -0.151. The molecule has 2 amide bonds. The Bertz CT molecular complexity index is 476. The molecule has 7 nitrogen and oxygen atoms in total. The molecule has 1 atom stereocenters. The van der Waals surface area contributed by atoms with E-state index in [2.05, 4.69) is 5.32 Å². The molecule has 1 saturated heterocycles. The molecule has 0 aromatic heterocycles. The molecule has 1 saturated carbocycles. The first-order chi connectivity index (χ1) is 11.5. The van der Waals surface area contributed by atoms with Crippen LogP contribution in [0.4, 0.5) is 0 Å². The van der Waals surface area contributed by atoms with E-state index in [1.807, 2.05) is 0 Å². The molecule has 2 N–H and O–H groups in total. The number of carbonyl (C=O) groups is 3. The Labute approximate surface area is 142 Å². The molecule has 2 rings (SSSR count). The molecule has 1 heterocycles. The normalized spacial score (nSPS) is 24.3. The van der Waals surface area contributed by atoms with Gasteiger partial charge in [0, 0.05) is 26.6 Å². The molecule has 2 aliphatic rings. The summed E-state index contributed by atoms with van der Waals surface area (Å²) in [5.41, 5.74) is -1.03. The van der Waals surface area contributed by atoms with Crippen molar-refractivity contribution in [1.29, 1.82) is 0 Å². The number of likely N-dealkylation sites (tertiary alicyclic amines) is 1. The van der Waals surface area contributed by atoms with Gasteiger partial charge < -0.3 is 20.1 Å². The Balaban J connectivity index is 1.72. The fourth-order valence-corrected chi connectivity index (χ4v) is 3.72. The van der Waals surface area contributed by atoms with Crippen LogP contribution in [0.1, 0.15) is 44.9 Å². The molecule has 1 aliphatic carbocycles. The van der Waals surface area contributed by atoms with E-state index in [9.17, 15) is 19.5 Å². The number of rotatable bonds is 8. The van der Waals surface area contributed by atoms with Gasteiger partial charge in [-0.2, -0.15) is 0 Å². The minimum absolute atomic E-state index is 0.0633. The van der Waals surface area contributed by atoms with Gasteiger partial charge in [0.15, 0.2) is 0 Å². The lowest BCUT2D eigenvalue weighted by Crippen LogP contribution is -2.43. The van der Waals surface area contributed by atoms with Gasteiger partial charge in [-0.15, -0.1) is 0 Å². The SMILES string of the molecule is COCC1(C(=O)O)CCN(C(=O)CNC(=O)CCC2CCCC2)C1.